The highest BCUT2D eigenvalue weighted by Crippen LogP contribution is 2.25. The number of sulfonamides is 1. The number of aromatic nitrogens is 2. The number of carbonyl (C=O) groups is 1. The molecule has 0 radical (unpaired) electrons. The molecule has 0 atom stereocenters. The Kier molecular flexibility index (Phi) is 6.20. The van der Waals surface area contributed by atoms with Crippen LogP contribution in [0, 0.1) is 6.92 Å². The largest absolute Gasteiger partial charge is 0.338 e. The molecule has 1 aliphatic rings. The molecule has 2 aromatic rings. The van der Waals surface area contributed by atoms with E-state index in [0.29, 0.717) is 37.8 Å². The molecule has 8 heteroatoms. The number of imidazole rings is 1. The van der Waals surface area contributed by atoms with E-state index >= 15 is 0 Å². The van der Waals surface area contributed by atoms with Gasteiger partial charge in [0.2, 0.25) is 10.0 Å². The number of hydrogen-bond acceptors (Lipinski definition) is 4. The molecule has 1 saturated heterocycles. The molecule has 1 aromatic heterocycles. The third-order valence-corrected chi connectivity index (χ3v) is 7.53. The Hall–Kier alpha value is -2.19. The number of nitrogens with zero attached hydrogens (tertiary/aromatic N) is 4. The van der Waals surface area contributed by atoms with Crippen molar-refractivity contribution in [3.8, 4) is 0 Å². The summed E-state index contributed by atoms with van der Waals surface area (Å²) in [7, 11) is -3.59. The van der Waals surface area contributed by atoms with Crippen LogP contribution in [0.2, 0.25) is 0 Å². The number of likely N-dealkylation sites (tertiary alicyclic amines) is 1. The molecule has 1 fully saturated rings. The first-order chi connectivity index (χ1) is 13.4. The first-order valence-electron chi connectivity index (χ1n) is 9.76. The maximum atomic E-state index is 13.1. The van der Waals surface area contributed by atoms with E-state index in [1.807, 2.05) is 38.2 Å². The fourth-order valence-corrected chi connectivity index (χ4v) is 5.21. The summed E-state index contributed by atoms with van der Waals surface area (Å²) in [6.07, 6.45) is 7.25. The van der Waals surface area contributed by atoms with Crippen LogP contribution in [0.15, 0.2) is 41.8 Å². The first-order valence-corrected chi connectivity index (χ1v) is 11.2. The zero-order chi connectivity index (χ0) is 20.3. The molecule has 28 heavy (non-hydrogen) atoms. The van der Waals surface area contributed by atoms with Crippen LogP contribution in [0.1, 0.15) is 48.7 Å². The van der Waals surface area contributed by atoms with Crippen molar-refractivity contribution < 1.29 is 13.2 Å². The SMILES string of the molecule is CCN(CC)S(=O)(=O)c1ccc(C)c(C(=O)N2CCC(n3ccnc3)CC2)c1. The summed E-state index contributed by atoms with van der Waals surface area (Å²) in [4.78, 5) is 19.2. The minimum atomic E-state index is -3.59. The molecule has 152 valence electrons. The Morgan fingerprint density at radius 1 is 1.21 bits per heavy atom. The van der Waals surface area contributed by atoms with Crippen molar-refractivity contribution in [2.24, 2.45) is 0 Å². The van der Waals surface area contributed by atoms with Crippen molar-refractivity contribution in [3.63, 3.8) is 0 Å². The highest BCUT2D eigenvalue weighted by atomic mass is 32.2. The van der Waals surface area contributed by atoms with Gasteiger partial charge in [0, 0.05) is 50.2 Å². The summed E-state index contributed by atoms with van der Waals surface area (Å²) in [6, 6.07) is 5.20. The fourth-order valence-electron chi connectivity index (χ4n) is 3.73. The quantitative estimate of drug-likeness (QED) is 0.742. The molecule has 7 nitrogen and oxygen atoms in total. The van der Waals surface area contributed by atoms with Gasteiger partial charge >= 0.3 is 0 Å². The second-order valence-corrected chi connectivity index (χ2v) is 9.04. The normalized spacial score (nSPS) is 15.9. The van der Waals surface area contributed by atoms with Gasteiger partial charge in [0.25, 0.3) is 5.91 Å². The maximum Gasteiger partial charge on any atom is 0.254 e. The second kappa shape index (κ2) is 8.45. The van der Waals surface area contributed by atoms with Crippen LogP contribution in [-0.4, -0.2) is 59.3 Å². The predicted molar refractivity (Wildman–Crippen MR) is 108 cm³/mol. The number of rotatable bonds is 6. The minimum absolute atomic E-state index is 0.0989. The third-order valence-electron chi connectivity index (χ3n) is 5.48. The number of carbonyl (C=O) groups excluding carboxylic acids is 1. The summed E-state index contributed by atoms with van der Waals surface area (Å²) >= 11 is 0. The van der Waals surface area contributed by atoms with Crippen LogP contribution in [0.5, 0.6) is 0 Å². The lowest BCUT2D eigenvalue weighted by atomic mass is 10.0. The summed E-state index contributed by atoms with van der Waals surface area (Å²) in [5.41, 5.74) is 1.26. The minimum Gasteiger partial charge on any atom is -0.338 e. The Balaban J connectivity index is 1.79. The van der Waals surface area contributed by atoms with Crippen LogP contribution in [0.4, 0.5) is 0 Å². The number of piperidine rings is 1. The Labute approximate surface area is 167 Å². The van der Waals surface area contributed by atoms with Crippen molar-refractivity contribution in [2.75, 3.05) is 26.2 Å². The Morgan fingerprint density at radius 2 is 1.89 bits per heavy atom. The molecular weight excluding hydrogens is 376 g/mol. The van der Waals surface area contributed by atoms with E-state index in [1.54, 1.807) is 18.3 Å². The summed E-state index contributed by atoms with van der Waals surface area (Å²) in [6.45, 7) is 7.56. The topological polar surface area (TPSA) is 75.5 Å². The van der Waals surface area contributed by atoms with Gasteiger partial charge in [-0.3, -0.25) is 4.79 Å². The number of hydrogen-bond donors (Lipinski definition) is 0. The standard InChI is InChI=1S/C20H28N4O3S/c1-4-24(5-2)28(26,27)18-7-6-16(3)19(14-18)20(25)22-11-8-17(9-12-22)23-13-10-21-15-23/h6-7,10,13-15,17H,4-5,8-9,11-12H2,1-3H3. The molecule has 0 spiro atoms. The van der Waals surface area contributed by atoms with Gasteiger partial charge in [-0.1, -0.05) is 19.9 Å². The fraction of sp³-hybridized carbons (Fsp3) is 0.500. The Morgan fingerprint density at radius 3 is 2.46 bits per heavy atom. The predicted octanol–water partition coefficient (Wildman–Crippen LogP) is 2.70. The monoisotopic (exact) mass is 404 g/mol. The molecule has 0 bridgehead atoms. The Bertz CT molecular complexity index is 913. The molecular formula is C20H28N4O3S. The first kappa shape index (κ1) is 20.5. The highest BCUT2D eigenvalue weighted by Gasteiger charge is 2.27. The van der Waals surface area contributed by atoms with E-state index in [2.05, 4.69) is 9.55 Å². The molecule has 0 aliphatic carbocycles. The van der Waals surface area contributed by atoms with Gasteiger partial charge in [-0.25, -0.2) is 13.4 Å². The van der Waals surface area contributed by atoms with E-state index in [-0.39, 0.29) is 10.8 Å². The van der Waals surface area contributed by atoms with Crippen molar-refractivity contribution >= 4 is 15.9 Å². The lowest BCUT2D eigenvalue weighted by Crippen LogP contribution is -2.39. The van der Waals surface area contributed by atoms with E-state index < -0.39 is 10.0 Å². The zero-order valence-corrected chi connectivity index (χ0v) is 17.5. The van der Waals surface area contributed by atoms with Crippen LogP contribution < -0.4 is 0 Å². The van der Waals surface area contributed by atoms with Crippen LogP contribution in [-0.2, 0) is 10.0 Å². The van der Waals surface area contributed by atoms with Crippen LogP contribution >= 0.6 is 0 Å². The van der Waals surface area contributed by atoms with Crippen molar-refractivity contribution in [1.29, 1.82) is 0 Å². The molecule has 0 N–H and O–H groups in total. The maximum absolute atomic E-state index is 13.1. The van der Waals surface area contributed by atoms with Gasteiger partial charge in [-0.05, 0) is 37.5 Å². The van der Waals surface area contributed by atoms with Gasteiger partial charge < -0.3 is 9.47 Å². The zero-order valence-electron chi connectivity index (χ0n) is 16.7. The third kappa shape index (κ3) is 3.98. The lowest BCUT2D eigenvalue weighted by molar-refractivity contribution is 0.0693. The van der Waals surface area contributed by atoms with Gasteiger partial charge in [0.15, 0.2) is 0 Å². The second-order valence-electron chi connectivity index (χ2n) is 7.10. The average Bonchev–Trinajstić information content (AvgIpc) is 3.23. The molecule has 3 rings (SSSR count). The van der Waals surface area contributed by atoms with Crippen molar-refractivity contribution in [1.82, 2.24) is 18.8 Å². The van der Waals surface area contributed by atoms with E-state index in [9.17, 15) is 13.2 Å². The van der Waals surface area contributed by atoms with Gasteiger partial charge in [0.1, 0.15) is 0 Å². The molecule has 1 aliphatic heterocycles. The molecule has 1 aromatic carbocycles. The number of benzene rings is 1. The highest BCUT2D eigenvalue weighted by molar-refractivity contribution is 7.89. The van der Waals surface area contributed by atoms with Crippen molar-refractivity contribution in [3.05, 3.63) is 48.0 Å². The molecule has 1 amide bonds. The molecule has 0 saturated carbocycles. The van der Waals surface area contributed by atoms with E-state index in [4.69, 9.17) is 0 Å². The summed E-state index contributed by atoms with van der Waals surface area (Å²) in [5, 5.41) is 0. The summed E-state index contributed by atoms with van der Waals surface area (Å²) in [5.74, 6) is -0.0989. The number of amides is 1. The van der Waals surface area contributed by atoms with E-state index in [1.165, 1.54) is 10.4 Å². The summed E-state index contributed by atoms with van der Waals surface area (Å²) < 4.78 is 29.1. The van der Waals surface area contributed by atoms with Gasteiger partial charge in [0.05, 0.1) is 11.2 Å². The average molecular weight is 405 g/mol. The van der Waals surface area contributed by atoms with Gasteiger partial charge in [-0.2, -0.15) is 4.31 Å². The smallest absolute Gasteiger partial charge is 0.254 e. The van der Waals surface area contributed by atoms with Gasteiger partial charge in [-0.15, -0.1) is 0 Å². The van der Waals surface area contributed by atoms with Crippen LogP contribution in [0.25, 0.3) is 0 Å². The molecule has 0 unspecified atom stereocenters. The lowest BCUT2D eigenvalue weighted by Gasteiger charge is -2.33. The number of aryl methyl sites for hydroxylation is 1. The molecule has 2 heterocycles. The van der Waals surface area contributed by atoms with E-state index in [0.717, 1.165) is 18.4 Å². The van der Waals surface area contributed by atoms with Crippen LogP contribution in [0.3, 0.4) is 0 Å². The van der Waals surface area contributed by atoms with Crippen molar-refractivity contribution in [2.45, 2.75) is 44.6 Å².